The molecule has 3 aromatic rings. The number of aromatic nitrogens is 2. The molecule has 0 bridgehead atoms. The molecule has 3 rings (SSSR count). The highest BCUT2D eigenvalue weighted by molar-refractivity contribution is 6.43. The van der Waals surface area contributed by atoms with E-state index in [0.717, 1.165) is 22.3 Å². The second-order valence-corrected chi connectivity index (χ2v) is 6.35. The first-order chi connectivity index (χ1) is 12.0. The molecular formula is C19H15Cl2N3O. The van der Waals surface area contributed by atoms with Crippen LogP contribution >= 0.6 is 23.2 Å². The number of carbonyl (C=O) groups is 1. The van der Waals surface area contributed by atoms with Gasteiger partial charge in [0, 0.05) is 23.6 Å². The summed E-state index contributed by atoms with van der Waals surface area (Å²) in [5, 5.41) is 3.53. The maximum atomic E-state index is 12.4. The molecule has 0 aliphatic carbocycles. The molecule has 0 aliphatic heterocycles. The summed E-state index contributed by atoms with van der Waals surface area (Å²) in [6, 6.07) is 11.0. The summed E-state index contributed by atoms with van der Waals surface area (Å²) in [5.74, 6) is -0.265. The Morgan fingerprint density at radius 1 is 1.00 bits per heavy atom. The maximum Gasteiger partial charge on any atom is 0.274 e. The Hall–Kier alpha value is -2.43. The molecule has 2 aromatic heterocycles. The second kappa shape index (κ2) is 7.21. The van der Waals surface area contributed by atoms with Crippen LogP contribution in [-0.2, 0) is 0 Å². The molecule has 0 radical (unpaired) electrons. The van der Waals surface area contributed by atoms with E-state index in [1.807, 2.05) is 38.1 Å². The predicted octanol–water partition coefficient (Wildman–Crippen LogP) is 5.32. The van der Waals surface area contributed by atoms with Gasteiger partial charge in [0.05, 0.1) is 5.02 Å². The van der Waals surface area contributed by atoms with Gasteiger partial charge in [-0.1, -0.05) is 41.4 Å². The molecule has 0 fully saturated rings. The van der Waals surface area contributed by atoms with E-state index in [1.165, 1.54) is 0 Å². The fourth-order valence-electron chi connectivity index (χ4n) is 2.48. The zero-order valence-electron chi connectivity index (χ0n) is 13.7. The lowest BCUT2D eigenvalue weighted by atomic mass is 10.00. The monoisotopic (exact) mass is 371 g/mol. The van der Waals surface area contributed by atoms with Crippen molar-refractivity contribution < 1.29 is 4.79 Å². The number of nitrogens with one attached hydrogen (secondary N) is 1. The van der Waals surface area contributed by atoms with Crippen molar-refractivity contribution in [1.82, 2.24) is 9.97 Å². The van der Waals surface area contributed by atoms with Gasteiger partial charge in [-0.05, 0) is 48.7 Å². The van der Waals surface area contributed by atoms with Crippen molar-refractivity contribution in [1.29, 1.82) is 0 Å². The minimum Gasteiger partial charge on any atom is -0.320 e. The van der Waals surface area contributed by atoms with Crippen molar-refractivity contribution in [2.75, 3.05) is 5.32 Å². The van der Waals surface area contributed by atoms with Crippen molar-refractivity contribution >= 4 is 34.8 Å². The number of aryl methyl sites for hydroxylation is 1. The molecule has 4 nitrogen and oxygen atoms in total. The van der Waals surface area contributed by atoms with Crippen molar-refractivity contribution in [3.8, 4) is 11.1 Å². The lowest BCUT2D eigenvalue weighted by Crippen LogP contribution is -2.14. The number of halogens is 2. The molecule has 0 atom stereocenters. The highest BCUT2D eigenvalue weighted by Crippen LogP contribution is 2.36. The number of nitrogens with zero attached hydrogens (tertiary/aromatic N) is 2. The zero-order chi connectivity index (χ0) is 18.0. The number of carbonyl (C=O) groups excluding carboxylic acids is 1. The first kappa shape index (κ1) is 17.4. The number of anilines is 1. The molecule has 0 spiro atoms. The molecule has 1 aromatic carbocycles. The quantitative estimate of drug-likeness (QED) is 0.633. The smallest absolute Gasteiger partial charge is 0.274 e. The molecule has 126 valence electrons. The number of hydrogen-bond acceptors (Lipinski definition) is 3. The van der Waals surface area contributed by atoms with Crippen LogP contribution in [0.2, 0.25) is 10.2 Å². The fourth-order valence-corrected chi connectivity index (χ4v) is 2.85. The van der Waals surface area contributed by atoms with Gasteiger partial charge >= 0.3 is 0 Å². The van der Waals surface area contributed by atoms with Gasteiger partial charge in [0.15, 0.2) is 0 Å². The molecule has 0 aliphatic rings. The molecule has 1 N–H and O–H groups in total. The van der Waals surface area contributed by atoms with Crippen LogP contribution in [-0.4, -0.2) is 15.9 Å². The minimum absolute atomic E-state index is 0.247. The van der Waals surface area contributed by atoms with Gasteiger partial charge in [-0.2, -0.15) is 0 Å². The van der Waals surface area contributed by atoms with Crippen molar-refractivity contribution in [2.45, 2.75) is 13.8 Å². The second-order valence-electron chi connectivity index (χ2n) is 5.62. The Labute approximate surface area is 155 Å². The van der Waals surface area contributed by atoms with E-state index >= 15 is 0 Å². The number of rotatable bonds is 3. The molecular weight excluding hydrogens is 357 g/mol. The number of hydrogen-bond donors (Lipinski definition) is 1. The topological polar surface area (TPSA) is 54.9 Å². The van der Waals surface area contributed by atoms with Gasteiger partial charge in [0.25, 0.3) is 5.91 Å². The van der Waals surface area contributed by atoms with Gasteiger partial charge in [0.2, 0.25) is 0 Å². The number of amides is 1. The average Bonchev–Trinajstić information content (AvgIpc) is 2.60. The SMILES string of the molecule is Cc1ccc(C(=O)Nc2cccc(-c3ccnc(Cl)c3Cl)c2C)nc1. The average molecular weight is 372 g/mol. The Bertz CT molecular complexity index is 940. The maximum absolute atomic E-state index is 12.4. The molecule has 6 heteroatoms. The van der Waals surface area contributed by atoms with E-state index in [-0.39, 0.29) is 11.1 Å². The summed E-state index contributed by atoms with van der Waals surface area (Å²) >= 11 is 12.3. The standard InChI is InChI=1S/C19H15Cl2N3O/c1-11-6-7-16(23-10-11)19(25)24-15-5-3-4-13(12(15)2)14-8-9-22-18(21)17(14)20/h3-10H,1-2H3,(H,24,25). The van der Waals surface area contributed by atoms with Crippen molar-refractivity contribution in [3.63, 3.8) is 0 Å². The van der Waals surface area contributed by atoms with E-state index in [4.69, 9.17) is 23.2 Å². The number of pyridine rings is 2. The van der Waals surface area contributed by atoms with Crippen LogP contribution in [0.5, 0.6) is 0 Å². The van der Waals surface area contributed by atoms with Crippen LogP contribution in [0.1, 0.15) is 21.6 Å². The third-order valence-corrected chi connectivity index (χ3v) is 4.63. The van der Waals surface area contributed by atoms with Gasteiger partial charge in [0.1, 0.15) is 10.8 Å². The van der Waals surface area contributed by atoms with E-state index in [1.54, 1.807) is 24.5 Å². The first-order valence-corrected chi connectivity index (χ1v) is 8.37. The Morgan fingerprint density at radius 2 is 1.80 bits per heavy atom. The number of benzene rings is 1. The van der Waals surface area contributed by atoms with Gasteiger partial charge in [-0.3, -0.25) is 9.78 Å². The van der Waals surface area contributed by atoms with Crippen molar-refractivity contribution in [2.24, 2.45) is 0 Å². The predicted molar refractivity (Wildman–Crippen MR) is 101 cm³/mol. The molecule has 0 unspecified atom stereocenters. The molecule has 25 heavy (non-hydrogen) atoms. The lowest BCUT2D eigenvalue weighted by Gasteiger charge is -2.14. The largest absolute Gasteiger partial charge is 0.320 e. The van der Waals surface area contributed by atoms with Crippen LogP contribution in [0.25, 0.3) is 11.1 Å². The van der Waals surface area contributed by atoms with Gasteiger partial charge in [-0.15, -0.1) is 0 Å². The summed E-state index contributed by atoms with van der Waals surface area (Å²) in [6.45, 7) is 3.84. The van der Waals surface area contributed by atoms with Crippen LogP contribution in [0.3, 0.4) is 0 Å². The van der Waals surface area contributed by atoms with E-state index < -0.39 is 0 Å². The van der Waals surface area contributed by atoms with Crippen LogP contribution in [0.15, 0.2) is 48.8 Å². The summed E-state index contributed by atoms with van der Waals surface area (Å²) < 4.78 is 0. The summed E-state index contributed by atoms with van der Waals surface area (Å²) in [6.07, 6.45) is 3.27. The van der Waals surface area contributed by atoms with Crippen molar-refractivity contribution in [3.05, 3.63) is 75.8 Å². The highest BCUT2D eigenvalue weighted by Gasteiger charge is 2.14. The molecule has 0 saturated carbocycles. The normalized spacial score (nSPS) is 10.6. The highest BCUT2D eigenvalue weighted by atomic mass is 35.5. The van der Waals surface area contributed by atoms with Gasteiger partial charge in [-0.25, -0.2) is 4.98 Å². The molecule has 1 amide bonds. The zero-order valence-corrected chi connectivity index (χ0v) is 15.2. The summed E-state index contributed by atoms with van der Waals surface area (Å²) in [4.78, 5) is 20.5. The summed E-state index contributed by atoms with van der Waals surface area (Å²) in [7, 11) is 0. The summed E-state index contributed by atoms with van der Waals surface area (Å²) in [5.41, 5.74) is 4.58. The third kappa shape index (κ3) is 3.65. The Kier molecular flexibility index (Phi) is 5.02. The fraction of sp³-hybridized carbons (Fsp3) is 0.105. The minimum atomic E-state index is -0.265. The van der Waals surface area contributed by atoms with E-state index in [2.05, 4.69) is 15.3 Å². The third-order valence-electron chi connectivity index (χ3n) is 3.86. The molecule has 0 saturated heterocycles. The molecule has 2 heterocycles. The van der Waals surface area contributed by atoms with Crippen LogP contribution < -0.4 is 5.32 Å². The first-order valence-electron chi connectivity index (χ1n) is 7.61. The van der Waals surface area contributed by atoms with Crippen LogP contribution in [0, 0.1) is 13.8 Å². The Morgan fingerprint density at radius 3 is 2.52 bits per heavy atom. The van der Waals surface area contributed by atoms with E-state index in [9.17, 15) is 4.79 Å². The van der Waals surface area contributed by atoms with Gasteiger partial charge < -0.3 is 5.32 Å². The Balaban J connectivity index is 1.95. The lowest BCUT2D eigenvalue weighted by molar-refractivity contribution is 0.102. The van der Waals surface area contributed by atoms with E-state index in [0.29, 0.717) is 16.4 Å². The van der Waals surface area contributed by atoms with Crippen LogP contribution in [0.4, 0.5) is 5.69 Å².